The minimum Gasteiger partial charge on any atom is -0.382 e. The lowest BCUT2D eigenvalue weighted by molar-refractivity contribution is 0.0972. The Morgan fingerprint density at radius 2 is 2.25 bits per heavy atom. The Hall–Kier alpha value is -1.40. The number of Topliss-reactive ketones (excluding diaryl/α,β-unsaturated/α-hetero) is 1. The van der Waals surface area contributed by atoms with Gasteiger partial charge in [0.25, 0.3) is 0 Å². The van der Waals surface area contributed by atoms with Gasteiger partial charge in [-0.25, -0.2) is 4.98 Å². The fourth-order valence-corrected chi connectivity index (χ4v) is 2.99. The second kappa shape index (κ2) is 6.37. The van der Waals surface area contributed by atoms with Gasteiger partial charge in [-0.1, -0.05) is 47.2 Å². The van der Waals surface area contributed by atoms with Crippen LogP contribution in [0.5, 0.6) is 0 Å². The quantitative estimate of drug-likeness (QED) is 0.778. The normalized spacial score (nSPS) is 10.8. The number of nitrogen functional groups attached to an aromatic ring is 1. The standard InChI is InChI=1S/C14H16BrN3OS/c1-8(2)6-11(19)12-13(16)18-14(20-12)17-10-5-3-4-9(15)7-10/h3-5,7-8H,6,16H2,1-2H3,(H,17,18). The molecular formula is C14H16BrN3OS. The summed E-state index contributed by atoms with van der Waals surface area (Å²) in [5.41, 5.74) is 6.73. The Morgan fingerprint density at radius 3 is 2.90 bits per heavy atom. The Balaban J connectivity index is 2.17. The number of aromatic nitrogens is 1. The van der Waals surface area contributed by atoms with Crippen LogP contribution in [0, 0.1) is 5.92 Å². The summed E-state index contributed by atoms with van der Waals surface area (Å²) in [7, 11) is 0. The van der Waals surface area contributed by atoms with E-state index in [1.165, 1.54) is 11.3 Å². The highest BCUT2D eigenvalue weighted by molar-refractivity contribution is 9.10. The third-order valence-electron chi connectivity index (χ3n) is 2.58. The zero-order valence-corrected chi connectivity index (χ0v) is 13.7. The molecule has 0 spiro atoms. The molecule has 4 nitrogen and oxygen atoms in total. The SMILES string of the molecule is CC(C)CC(=O)c1sc(Nc2cccc(Br)c2)nc1N. The summed E-state index contributed by atoms with van der Waals surface area (Å²) in [6, 6.07) is 7.73. The molecule has 0 amide bonds. The van der Waals surface area contributed by atoms with Crippen molar-refractivity contribution in [3.05, 3.63) is 33.6 Å². The van der Waals surface area contributed by atoms with Crippen LogP contribution >= 0.6 is 27.3 Å². The number of rotatable bonds is 5. The van der Waals surface area contributed by atoms with Gasteiger partial charge in [0, 0.05) is 16.6 Å². The average molecular weight is 354 g/mol. The highest BCUT2D eigenvalue weighted by atomic mass is 79.9. The van der Waals surface area contributed by atoms with Crippen LogP contribution < -0.4 is 11.1 Å². The largest absolute Gasteiger partial charge is 0.382 e. The fourth-order valence-electron chi connectivity index (χ4n) is 1.74. The highest BCUT2D eigenvalue weighted by Gasteiger charge is 2.17. The molecule has 0 aliphatic heterocycles. The fraction of sp³-hybridized carbons (Fsp3) is 0.286. The zero-order chi connectivity index (χ0) is 14.7. The van der Waals surface area contributed by atoms with Crippen LogP contribution in [0.1, 0.15) is 29.9 Å². The molecule has 3 N–H and O–H groups in total. The zero-order valence-electron chi connectivity index (χ0n) is 11.3. The molecule has 0 saturated heterocycles. The Labute approximate surface area is 130 Å². The van der Waals surface area contributed by atoms with Gasteiger partial charge in [0.2, 0.25) is 0 Å². The summed E-state index contributed by atoms with van der Waals surface area (Å²) in [4.78, 5) is 16.8. The van der Waals surface area contributed by atoms with Gasteiger partial charge in [0.1, 0.15) is 10.7 Å². The summed E-state index contributed by atoms with van der Waals surface area (Å²) in [5.74, 6) is 0.668. The van der Waals surface area contributed by atoms with Gasteiger partial charge in [-0.05, 0) is 24.1 Å². The van der Waals surface area contributed by atoms with E-state index in [0.717, 1.165) is 10.2 Å². The maximum absolute atomic E-state index is 12.1. The first-order chi connectivity index (χ1) is 9.45. The maximum Gasteiger partial charge on any atom is 0.189 e. The minimum absolute atomic E-state index is 0.0530. The van der Waals surface area contributed by atoms with Crippen LogP contribution in [-0.2, 0) is 0 Å². The van der Waals surface area contributed by atoms with Crippen molar-refractivity contribution in [2.45, 2.75) is 20.3 Å². The molecule has 0 aliphatic rings. The molecule has 1 aromatic heterocycles. The number of carbonyl (C=O) groups excluding carboxylic acids is 1. The van der Waals surface area contributed by atoms with Crippen molar-refractivity contribution in [3.8, 4) is 0 Å². The molecule has 0 saturated carbocycles. The lowest BCUT2D eigenvalue weighted by Gasteiger charge is -2.02. The molecule has 1 aromatic carbocycles. The molecule has 2 aromatic rings. The van der Waals surface area contributed by atoms with Crippen LogP contribution in [0.25, 0.3) is 0 Å². The molecule has 0 fully saturated rings. The molecule has 2 rings (SSSR count). The third kappa shape index (κ3) is 3.80. The number of ketones is 1. The Kier molecular flexibility index (Phi) is 4.77. The van der Waals surface area contributed by atoms with E-state index < -0.39 is 0 Å². The summed E-state index contributed by atoms with van der Waals surface area (Å²) >= 11 is 4.71. The molecule has 0 aliphatic carbocycles. The van der Waals surface area contributed by atoms with Gasteiger partial charge in [0.15, 0.2) is 10.9 Å². The number of nitrogens with two attached hydrogens (primary N) is 1. The number of nitrogens with zero attached hydrogens (tertiary/aromatic N) is 1. The number of hydrogen-bond acceptors (Lipinski definition) is 5. The number of hydrogen-bond donors (Lipinski definition) is 2. The lowest BCUT2D eigenvalue weighted by Crippen LogP contribution is -2.04. The first kappa shape index (κ1) is 15.0. The highest BCUT2D eigenvalue weighted by Crippen LogP contribution is 2.30. The van der Waals surface area contributed by atoms with Crippen molar-refractivity contribution in [1.29, 1.82) is 0 Å². The number of halogens is 1. The minimum atomic E-state index is 0.0530. The van der Waals surface area contributed by atoms with Crippen molar-refractivity contribution < 1.29 is 4.79 Å². The van der Waals surface area contributed by atoms with Gasteiger partial charge >= 0.3 is 0 Å². The van der Waals surface area contributed by atoms with Gasteiger partial charge in [-0.15, -0.1) is 0 Å². The smallest absolute Gasteiger partial charge is 0.189 e. The third-order valence-corrected chi connectivity index (χ3v) is 4.10. The van der Waals surface area contributed by atoms with Crippen LogP contribution in [0.3, 0.4) is 0 Å². The summed E-state index contributed by atoms with van der Waals surface area (Å²) in [6.07, 6.45) is 0.489. The van der Waals surface area contributed by atoms with Crippen molar-refractivity contribution in [2.24, 2.45) is 5.92 Å². The van der Waals surface area contributed by atoms with E-state index in [2.05, 4.69) is 26.2 Å². The molecule has 0 unspecified atom stereocenters. The van der Waals surface area contributed by atoms with Crippen LogP contribution in [-0.4, -0.2) is 10.8 Å². The number of carbonyl (C=O) groups is 1. The number of thiazole rings is 1. The summed E-state index contributed by atoms with van der Waals surface area (Å²) in [6.45, 7) is 4.02. The van der Waals surface area contributed by atoms with E-state index in [1.807, 2.05) is 38.1 Å². The van der Waals surface area contributed by atoms with Gasteiger partial charge in [-0.3, -0.25) is 4.79 Å². The average Bonchev–Trinajstić information content (AvgIpc) is 2.69. The van der Waals surface area contributed by atoms with Gasteiger partial charge in [0.05, 0.1) is 0 Å². The Bertz CT molecular complexity index is 625. The van der Waals surface area contributed by atoms with Crippen LogP contribution in [0.4, 0.5) is 16.6 Å². The number of benzene rings is 1. The van der Waals surface area contributed by atoms with Crippen LogP contribution in [0.15, 0.2) is 28.7 Å². The van der Waals surface area contributed by atoms with E-state index in [-0.39, 0.29) is 5.78 Å². The lowest BCUT2D eigenvalue weighted by atomic mass is 10.1. The van der Waals surface area contributed by atoms with Crippen molar-refractivity contribution in [1.82, 2.24) is 4.98 Å². The Morgan fingerprint density at radius 1 is 1.50 bits per heavy atom. The predicted octanol–water partition coefficient (Wildman–Crippen LogP) is 4.46. The topological polar surface area (TPSA) is 68.0 Å². The van der Waals surface area contributed by atoms with E-state index in [1.54, 1.807) is 0 Å². The van der Waals surface area contributed by atoms with Gasteiger partial charge in [-0.2, -0.15) is 0 Å². The van der Waals surface area contributed by atoms with E-state index in [4.69, 9.17) is 5.73 Å². The molecular weight excluding hydrogens is 338 g/mol. The summed E-state index contributed by atoms with van der Waals surface area (Å²) < 4.78 is 0.975. The van der Waals surface area contributed by atoms with Crippen molar-refractivity contribution in [2.75, 3.05) is 11.1 Å². The first-order valence-corrected chi connectivity index (χ1v) is 7.88. The molecule has 106 valence electrons. The summed E-state index contributed by atoms with van der Waals surface area (Å²) in [5, 5.41) is 3.79. The first-order valence-electron chi connectivity index (χ1n) is 6.28. The molecule has 1 heterocycles. The van der Waals surface area contributed by atoms with E-state index in [9.17, 15) is 4.79 Å². The molecule has 20 heavy (non-hydrogen) atoms. The number of anilines is 3. The molecule has 0 radical (unpaired) electrons. The van der Waals surface area contributed by atoms with Crippen LogP contribution in [0.2, 0.25) is 0 Å². The molecule has 0 atom stereocenters. The second-order valence-corrected chi connectivity index (χ2v) is 6.80. The molecule has 0 bridgehead atoms. The second-order valence-electron chi connectivity index (χ2n) is 4.89. The van der Waals surface area contributed by atoms with E-state index >= 15 is 0 Å². The van der Waals surface area contributed by atoms with E-state index in [0.29, 0.717) is 28.2 Å². The number of nitrogens with one attached hydrogen (secondary N) is 1. The predicted molar refractivity (Wildman–Crippen MR) is 87.7 cm³/mol. The molecule has 6 heteroatoms. The monoisotopic (exact) mass is 353 g/mol. The van der Waals surface area contributed by atoms with Crippen molar-refractivity contribution >= 4 is 49.7 Å². The van der Waals surface area contributed by atoms with Gasteiger partial charge < -0.3 is 11.1 Å². The maximum atomic E-state index is 12.1. The van der Waals surface area contributed by atoms with Crippen molar-refractivity contribution in [3.63, 3.8) is 0 Å².